The summed E-state index contributed by atoms with van der Waals surface area (Å²) in [5.41, 5.74) is 0.925. The molecule has 0 saturated carbocycles. The largest absolute Gasteiger partial charge is 0.480 e. The lowest BCUT2D eigenvalue weighted by Crippen LogP contribution is -2.22. The second-order valence-corrected chi connectivity index (χ2v) is 3.10. The molecule has 0 aliphatic heterocycles. The van der Waals surface area contributed by atoms with Crippen LogP contribution >= 0.6 is 0 Å². The molecular formula is C9H15N3O. The fourth-order valence-electron chi connectivity index (χ4n) is 0.859. The Balaban J connectivity index is 2.49. The van der Waals surface area contributed by atoms with Crippen LogP contribution in [0.4, 0.5) is 0 Å². The number of nitrogens with one attached hydrogen (secondary N) is 1. The first-order valence-corrected chi connectivity index (χ1v) is 4.32. The molecule has 1 heterocycles. The Kier molecular flexibility index (Phi) is 3.64. The van der Waals surface area contributed by atoms with Gasteiger partial charge in [-0.25, -0.2) is 0 Å². The molecule has 0 aliphatic rings. The molecule has 1 rings (SSSR count). The Morgan fingerprint density at radius 3 is 2.62 bits per heavy atom. The average molecular weight is 181 g/mol. The van der Waals surface area contributed by atoms with E-state index in [1.807, 2.05) is 12.1 Å². The Labute approximate surface area is 78.3 Å². The quantitative estimate of drug-likeness (QED) is 0.752. The molecule has 1 N–H and O–H groups in total. The minimum atomic E-state index is 0.462. The van der Waals surface area contributed by atoms with Gasteiger partial charge in [0.15, 0.2) is 0 Å². The van der Waals surface area contributed by atoms with Crippen molar-refractivity contribution in [2.24, 2.45) is 0 Å². The zero-order valence-corrected chi connectivity index (χ0v) is 8.24. The minimum Gasteiger partial charge on any atom is -0.480 e. The van der Waals surface area contributed by atoms with Gasteiger partial charge >= 0.3 is 0 Å². The molecule has 13 heavy (non-hydrogen) atoms. The van der Waals surface area contributed by atoms with Crippen LogP contribution in [0.3, 0.4) is 0 Å². The van der Waals surface area contributed by atoms with Gasteiger partial charge in [0.25, 0.3) is 0 Å². The van der Waals surface area contributed by atoms with Gasteiger partial charge in [0.2, 0.25) is 5.88 Å². The highest BCUT2D eigenvalue weighted by Gasteiger charge is 1.98. The first kappa shape index (κ1) is 9.92. The molecule has 0 aliphatic carbocycles. The van der Waals surface area contributed by atoms with Gasteiger partial charge in [-0.05, 0) is 6.07 Å². The van der Waals surface area contributed by atoms with Gasteiger partial charge in [-0.2, -0.15) is 5.10 Å². The standard InChI is InChI=1S/C9H15N3O/c1-7(2)10-6-8-4-5-9(13-3)12-11-8/h4-5,7,10H,6H2,1-3H3. The molecule has 0 fully saturated rings. The highest BCUT2D eigenvalue weighted by molar-refractivity contribution is 5.11. The number of ether oxygens (including phenoxy) is 1. The molecule has 0 bridgehead atoms. The van der Waals surface area contributed by atoms with E-state index < -0.39 is 0 Å². The van der Waals surface area contributed by atoms with Crippen molar-refractivity contribution in [1.82, 2.24) is 15.5 Å². The molecule has 1 aromatic rings. The zero-order valence-electron chi connectivity index (χ0n) is 8.24. The molecule has 72 valence electrons. The molecule has 0 spiro atoms. The molecule has 0 amide bonds. The van der Waals surface area contributed by atoms with Crippen LogP contribution in [0.2, 0.25) is 0 Å². The molecule has 0 saturated heterocycles. The van der Waals surface area contributed by atoms with E-state index in [2.05, 4.69) is 29.4 Å². The molecular weight excluding hydrogens is 166 g/mol. The van der Waals surface area contributed by atoms with E-state index in [0.29, 0.717) is 11.9 Å². The third-order valence-electron chi connectivity index (χ3n) is 1.60. The highest BCUT2D eigenvalue weighted by atomic mass is 16.5. The summed E-state index contributed by atoms with van der Waals surface area (Å²) in [6.45, 7) is 4.93. The van der Waals surface area contributed by atoms with E-state index in [1.165, 1.54) is 0 Å². The predicted molar refractivity (Wildman–Crippen MR) is 50.6 cm³/mol. The van der Waals surface area contributed by atoms with Gasteiger partial charge in [0.1, 0.15) is 0 Å². The van der Waals surface area contributed by atoms with Gasteiger partial charge in [-0.15, -0.1) is 5.10 Å². The Hall–Kier alpha value is -1.16. The topological polar surface area (TPSA) is 47.0 Å². The maximum absolute atomic E-state index is 4.90. The van der Waals surface area contributed by atoms with Crippen molar-refractivity contribution in [1.29, 1.82) is 0 Å². The van der Waals surface area contributed by atoms with Crippen LogP contribution in [-0.4, -0.2) is 23.3 Å². The van der Waals surface area contributed by atoms with Gasteiger partial charge < -0.3 is 10.1 Å². The lowest BCUT2D eigenvalue weighted by molar-refractivity contribution is 0.390. The minimum absolute atomic E-state index is 0.462. The summed E-state index contributed by atoms with van der Waals surface area (Å²) in [5.74, 6) is 0.549. The number of nitrogens with zero attached hydrogens (tertiary/aromatic N) is 2. The van der Waals surface area contributed by atoms with Crippen molar-refractivity contribution in [2.45, 2.75) is 26.4 Å². The van der Waals surface area contributed by atoms with Crippen molar-refractivity contribution in [3.05, 3.63) is 17.8 Å². The van der Waals surface area contributed by atoms with Gasteiger partial charge in [-0.1, -0.05) is 13.8 Å². The van der Waals surface area contributed by atoms with E-state index in [0.717, 1.165) is 12.2 Å². The smallest absolute Gasteiger partial charge is 0.233 e. The first-order chi connectivity index (χ1) is 6.22. The lowest BCUT2D eigenvalue weighted by Gasteiger charge is -2.06. The van der Waals surface area contributed by atoms with Crippen LogP contribution in [0.1, 0.15) is 19.5 Å². The third-order valence-corrected chi connectivity index (χ3v) is 1.60. The van der Waals surface area contributed by atoms with Crippen molar-refractivity contribution in [2.75, 3.05) is 7.11 Å². The lowest BCUT2D eigenvalue weighted by atomic mass is 10.3. The number of aromatic nitrogens is 2. The second-order valence-electron chi connectivity index (χ2n) is 3.10. The molecule has 0 unspecified atom stereocenters. The van der Waals surface area contributed by atoms with Crippen molar-refractivity contribution in [3.63, 3.8) is 0 Å². The summed E-state index contributed by atoms with van der Waals surface area (Å²) < 4.78 is 4.90. The van der Waals surface area contributed by atoms with Gasteiger partial charge in [-0.3, -0.25) is 0 Å². The summed E-state index contributed by atoms with van der Waals surface area (Å²) >= 11 is 0. The van der Waals surface area contributed by atoms with E-state index in [4.69, 9.17) is 4.74 Å². The van der Waals surface area contributed by atoms with Crippen LogP contribution in [0, 0.1) is 0 Å². The Morgan fingerprint density at radius 2 is 2.15 bits per heavy atom. The molecule has 4 nitrogen and oxygen atoms in total. The Bertz CT molecular complexity index is 246. The van der Waals surface area contributed by atoms with Crippen molar-refractivity contribution >= 4 is 0 Å². The normalized spacial score (nSPS) is 10.5. The van der Waals surface area contributed by atoms with Crippen molar-refractivity contribution < 1.29 is 4.74 Å². The van der Waals surface area contributed by atoms with Crippen LogP contribution in [-0.2, 0) is 6.54 Å². The van der Waals surface area contributed by atoms with E-state index in [9.17, 15) is 0 Å². The number of methoxy groups -OCH3 is 1. The average Bonchev–Trinajstić information content (AvgIpc) is 2.15. The van der Waals surface area contributed by atoms with Crippen LogP contribution < -0.4 is 10.1 Å². The molecule has 1 aromatic heterocycles. The Morgan fingerprint density at radius 1 is 1.38 bits per heavy atom. The summed E-state index contributed by atoms with van der Waals surface area (Å²) in [5, 5.41) is 11.1. The monoisotopic (exact) mass is 181 g/mol. The maximum Gasteiger partial charge on any atom is 0.233 e. The first-order valence-electron chi connectivity index (χ1n) is 4.32. The maximum atomic E-state index is 4.90. The third kappa shape index (κ3) is 3.38. The van der Waals surface area contributed by atoms with Crippen molar-refractivity contribution in [3.8, 4) is 5.88 Å². The van der Waals surface area contributed by atoms with E-state index in [1.54, 1.807) is 7.11 Å². The molecule has 0 aromatic carbocycles. The number of hydrogen-bond donors (Lipinski definition) is 1. The number of hydrogen-bond acceptors (Lipinski definition) is 4. The summed E-state index contributed by atoms with van der Waals surface area (Å²) in [7, 11) is 1.58. The summed E-state index contributed by atoms with van der Waals surface area (Å²) in [6, 6.07) is 4.18. The van der Waals surface area contributed by atoms with Gasteiger partial charge in [0, 0.05) is 18.7 Å². The van der Waals surface area contributed by atoms with Crippen LogP contribution in [0.5, 0.6) is 5.88 Å². The summed E-state index contributed by atoms with van der Waals surface area (Å²) in [6.07, 6.45) is 0. The molecule has 0 atom stereocenters. The fourth-order valence-corrected chi connectivity index (χ4v) is 0.859. The zero-order chi connectivity index (χ0) is 9.68. The second kappa shape index (κ2) is 4.77. The highest BCUT2D eigenvalue weighted by Crippen LogP contribution is 2.03. The number of rotatable bonds is 4. The predicted octanol–water partition coefficient (Wildman–Crippen LogP) is 0.983. The van der Waals surface area contributed by atoms with E-state index >= 15 is 0 Å². The fraction of sp³-hybridized carbons (Fsp3) is 0.556. The summed E-state index contributed by atoms with van der Waals surface area (Å²) in [4.78, 5) is 0. The molecule has 4 heteroatoms. The van der Waals surface area contributed by atoms with Crippen LogP contribution in [0.25, 0.3) is 0 Å². The van der Waals surface area contributed by atoms with E-state index in [-0.39, 0.29) is 0 Å². The SMILES string of the molecule is COc1ccc(CNC(C)C)nn1. The van der Waals surface area contributed by atoms with Crippen LogP contribution in [0.15, 0.2) is 12.1 Å². The molecule has 0 radical (unpaired) electrons. The van der Waals surface area contributed by atoms with Gasteiger partial charge in [0.05, 0.1) is 12.8 Å².